The van der Waals surface area contributed by atoms with Crippen LogP contribution in [0.15, 0.2) is 0 Å². The normalized spacial score (nSPS) is 14.2. The first-order valence-corrected chi connectivity index (χ1v) is 5.28. The molecule has 0 bridgehead atoms. The molecule has 0 spiro atoms. The molecule has 0 fully saturated rings. The highest BCUT2D eigenvalue weighted by atomic mass is 16.6. The molecule has 3 heteroatoms. The van der Waals surface area contributed by atoms with Crippen LogP contribution in [0.3, 0.4) is 0 Å². The Hall–Kier alpha value is -0.570. The van der Waals surface area contributed by atoms with Gasteiger partial charge in [-0.2, -0.15) is 0 Å². The first kappa shape index (κ1) is 13.4. The predicted molar refractivity (Wildman–Crippen MR) is 57.9 cm³/mol. The third-order valence-corrected chi connectivity index (χ3v) is 2.22. The Morgan fingerprint density at radius 3 is 2.29 bits per heavy atom. The van der Waals surface area contributed by atoms with E-state index < -0.39 is 11.6 Å². The van der Waals surface area contributed by atoms with Crippen molar-refractivity contribution in [3.05, 3.63) is 0 Å². The van der Waals surface area contributed by atoms with Crippen LogP contribution in [0.1, 0.15) is 47.5 Å². The minimum atomic E-state index is -0.508. The second-order valence-electron chi connectivity index (χ2n) is 4.70. The number of carbonyl (C=O) groups is 1. The monoisotopic (exact) mass is 201 g/mol. The highest BCUT2D eigenvalue weighted by Gasteiger charge is 2.26. The topological polar surface area (TPSA) is 52.3 Å². The van der Waals surface area contributed by atoms with Gasteiger partial charge in [0, 0.05) is 0 Å². The molecule has 2 N–H and O–H groups in total. The predicted octanol–water partition coefficient (Wildman–Crippen LogP) is 2.09. The van der Waals surface area contributed by atoms with E-state index in [9.17, 15) is 4.79 Å². The number of hydrogen-bond acceptors (Lipinski definition) is 3. The number of hydrogen-bond donors (Lipinski definition) is 1. The van der Waals surface area contributed by atoms with Crippen LogP contribution in [0.2, 0.25) is 0 Å². The lowest BCUT2D eigenvalue weighted by Crippen LogP contribution is -2.41. The molecule has 1 atom stereocenters. The molecule has 0 rings (SSSR count). The highest BCUT2D eigenvalue weighted by Crippen LogP contribution is 2.18. The van der Waals surface area contributed by atoms with E-state index in [0.717, 1.165) is 12.8 Å². The smallest absolute Gasteiger partial charge is 0.323 e. The molecule has 0 aromatic carbocycles. The summed E-state index contributed by atoms with van der Waals surface area (Å²) in [5.74, 6) is -0.168. The first-order chi connectivity index (χ1) is 6.30. The van der Waals surface area contributed by atoms with Crippen molar-refractivity contribution in [3.63, 3.8) is 0 Å². The van der Waals surface area contributed by atoms with Gasteiger partial charge in [0.15, 0.2) is 0 Å². The summed E-state index contributed by atoms with van der Waals surface area (Å²) in [5.41, 5.74) is 5.30. The Morgan fingerprint density at radius 1 is 1.43 bits per heavy atom. The maximum Gasteiger partial charge on any atom is 0.323 e. The summed E-state index contributed by atoms with van der Waals surface area (Å²) in [6.45, 7) is 9.73. The van der Waals surface area contributed by atoms with Crippen molar-refractivity contribution in [3.8, 4) is 0 Å². The van der Waals surface area contributed by atoms with Gasteiger partial charge in [-0.25, -0.2) is 0 Å². The molecule has 0 aromatic heterocycles. The maximum atomic E-state index is 11.5. The fraction of sp³-hybridized carbons (Fsp3) is 0.909. The van der Waals surface area contributed by atoms with Crippen molar-refractivity contribution < 1.29 is 9.53 Å². The molecule has 0 amide bonds. The number of carbonyl (C=O) groups excluding carboxylic acids is 1. The van der Waals surface area contributed by atoms with E-state index in [1.54, 1.807) is 0 Å². The largest absolute Gasteiger partial charge is 0.459 e. The van der Waals surface area contributed by atoms with E-state index in [-0.39, 0.29) is 11.9 Å². The van der Waals surface area contributed by atoms with Gasteiger partial charge in [0.25, 0.3) is 0 Å². The molecule has 84 valence electrons. The molecule has 0 unspecified atom stereocenters. The lowest BCUT2D eigenvalue weighted by atomic mass is 10.0. The fourth-order valence-corrected chi connectivity index (χ4v) is 1.27. The van der Waals surface area contributed by atoms with Crippen molar-refractivity contribution >= 4 is 5.97 Å². The molecule has 0 aromatic rings. The van der Waals surface area contributed by atoms with Gasteiger partial charge in [0.2, 0.25) is 0 Å². The zero-order valence-corrected chi connectivity index (χ0v) is 9.96. The van der Waals surface area contributed by atoms with Crippen LogP contribution < -0.4 is 5.73 Å². The Bertz CT molecular complexity index is 188. The van der Waals surface area contributed by atoms with Crippen LogP contribution in [0.5, 0.6) is 0 Å². The molecule has 0 saturated heterocycles. The second kappa shape index (κ2) is 5.35. The van der Waals surface area contributed by atoms with Gasteiger partial charge in [0.05, 0.1) is 0 Å². The number of ether oxygens (including phenoxy) is 1. The number of esters is 1. The molecule has 14 heavy (non-hydrogen) atoms. The lowest BCUT2D eigenvalue weighted by Gasteiger charge is -2.27. The summed E-state index contributed by atoms with van der Waals surface area (Å²) >= 11 is 0. The number of nitrogens with two attached hydrogens (primary N) is 1. The summed E-state index contributed by atoms with van der Waals surface area (Å²) < 4.78 is 5.34. The van der Waals surface area contributed by atoms with Gasteiger partial charge in [-0.3, -0.25) is 4.79 Å². The van der Waals surface area contributed by atoms with Crippen molar-refractivity contribution in [2.75, 3.05) is 0 Å². The molecule has 0 aliphatic carbocycles. The van der Waals surface area contributed by atoms with E-state index in [4.69, 9.17) is 10.5 Å². The summed E-state index contributed by atoms with van der Waals surface area (Å²) in [4.78, 5) is 11.5. The van der Waals surface area contributed by atoms with Gasteiger partial charge in [-0.05, 0) is 26.2 Å². The third kappa shape index (κ3) is 4.61. The van der Waals surface area contributed by atoms with E-state index in [1.807, 2.05) is 27.7 Å². The minimum Gasteiger partial charge on any atom is -0.459 e. The standard InChI is InChI=1S/C11H23NO2/c1-6-7-11(4,5)14-10(13)9(12)8(2)3/h8-9H,6-7,12H2,1-5H3/t9-/m0/s1. The van der Waals surface area contributed by atoms with E-state index >= 15 is 0 Å². The molecule has 0 heterocycles. The van der Waals surface area contributed by atoms with Crippen LogP contribution in [0, 0.1) is 5.92 Å². The van der Waals surface area contributed by atoms with E-state index in [1.165, 1.54) is 0 Å². The van der Waals surface area contributed by atoms with Crippen molar-refractivity contribution in [1.82, 2.24) is 0 Å². The van der Waals surface area contributed by atoms with Crippen molar-refractivity contribution in [1.29, 1.82) is 0 Å². The summed E-state index contributed by atoms with van der Waals surface area (Å²) in [6.07, 6.45) is 1.86. The van der Waals surface area contributed by atoms with E-state index in [0.29, 0.717) is 0 Å². The molecular weight excluding hydrogens is 178 g/mol. The highest BCUT2D eigenvalue weighted by molar-refractivity contribution is 5.76. The second-order valence-corrected chi connectivity index (χ2v) is 4.70. The van der Waals surface area contributed by atoms with Gasteiger partial charge in [-0.15, -0.1) is 0 Å². The zero-order chi connectivity index (χ0) is 11.4. The Labute approximate surface area is 87.0 Å². The quantitative estimate of drug-likeness (QED) is 0.693. The number of rotatable bonds is 5. The van der Waals surface area contributed by atoms with Crippen LogP contribution in [-0.2, 0) is 9.53 Å². The fourth-order valence-electron chi connectivity index (χ4n) is 1.27. The van der Waals surface area contributed by atoms with E-state index in [2.05, 4.69) is 6.92 Å². The van der Waals surface area contributed by atoms with Gasteiger partial charge >= 0.3 is 5.97 Å². The SMILES string of the molecule is CCCC(C)(C)OC(=O)[C@@H](N)C(C)C. The van der Waals surface area contributed by atoms with Gasteiger partial charge in [-0.1, -0.05) is 27.2 Å². The average molecular weight is 201 g/mol. The van der Waals surface area contributed by atoms with Gasteiger partial charge in [0.1, 0.15) is 11.6 Å². The average Bonchev–Trinajstić information content (AvgIpc) is 2.01. The van der Waals surface area contributed by atoms with Crippen molar-refractivity contribution in [2.24, 2.45) is 11.7 Å². The molecule has 0 radical (unpaired) electrons. The molecular formula is C11H23NO2. The summed E-state index contributed by atoms with van der Waals surface area (Å²) in [7, 11) is 0. The maximum absolute atomic E-state index is 11.5. The molecule has 0 aliphatic heterocycles. The van der Waals surface area contributed by atoms with Crippen LogP contribution >= 0.6 is 0 Å². The Kier molecular flexibility index (Phi) is 5.13. The Morgan fingerprint density at radius 2 is 1.93 bits per heavy atom. The third-order valence-electron chi connectivity index (χ3n) is 2.22. The Balaban J connectivity index is 4.17. The van der Waals surface area contributed by atoms with Crippen LogP contribution in [-0.4, -0.2) is 17.6 Å². The minimum absolute atomic E-state index is 0.125. The molecule has 0 saturated carbocycles. The van der Waals surface area contributed by atoms with Crippen molar-refractivity contribution in [2.45, 2.75) is 59.1 Å². The summed E-state index contributed by atoms with van der Waals surface area (Å²) in [5, 5.41) is 0. The molecule has 3 nitrogen and oxygen atoms in total. The van der Waals surface area contributed by atoms with Crippen LogP contribution in [0.25, 0.3) is 0 Å². The first-order valence-electron chi connectivity index (χ1n) is 5.28. The van der Waals surface area contributed by atoms with Crippen LogP contribution in [0.4, 0.5) is 0 Å². The zero-order valence-electron chi connectivity index (χ0n) is 9.96. The van der Waals surface area contributed by atoms with Gasteiger partial charge < -0.3 is 10.5 Å². The lowest BCUT2D eigenvalue weighted by molar-refractivity contribution is -0.159. The summed E-state index contributed by atoms with van der Waals surface area (Å²) in [6, 6.07) is -0.508. The molecule has 0 aliphatic rings.